The summed E-state index contributed by atoms with van der Waals surface area (Å²) in [5, 5.41) is 9.83. The summed E-state index contributed by atoms with van der Waals surface area (Å²) < 4.78 is 11.4. The lowest BCUT2D eigenvalue weighted by Gasteiger charge is -2.34. The summed E-state index contributed by atoms with van der Waals surface area (Å²) in [4.78, 5) is 12.0. The van der Waals surface area contributed by atoms with Crippen molar-refractivity contribution in [1.82, 2.24) is 0 Å². The van der Waals surface area contributed by atoms with Gasteiger partial charge in [-0.15, -0.1) is 0 Å². The molecule has 4 heteroatoms. The highest BCUT2D eigenvalue weighted by Crippen LogP contribution is 2.43. The number of aliphatic carboxylic acids is 1. The van der Waals surface area contributed by atoms with Crippen molar-refractivity contribution in [2.24, 2.45) is 0 Å². The fourth-order valence-electron chi connectivity index (χ4n) is 3.52. The first kappa shape index (κ1) is 15.2. The van der Waals surface area contributed by atoms with Crippen molar-refractivity contribution in [3.05, 3.63) is 23.8 Å². The van der Waals surface area contributed by atoms with Crippen molar-refractivity contribution in [2.45, 2.75) is 62.9 Å². The minimum atomic E-state index is -0.762. The molecular weight excluding hydrogens is 280 g/mol. The van der Waals surface area contributed by atoms with E-state index in [2.05, 4.69) is 0 Å². The quantitative estimate of drug-likeness (QED) is 0.896. The smallest absolute Gasteiger partial charge is 0.314 e. The third-order valence-corrected chi connectivity index (χ3v) is 5.18. The number of hydrogen-bond donors (Lipinski definition) is 1. The number of benzene rings is 1. The van der Waals surface area contributed by atoms with E-state index in [-0.39, 0.29) is 6.10 Å². The van der Waals surface area contributed by atoms with Gasteiger partial charge in [0.2, 0.25) is 0 Å². The van der Waals surface area contributed by atoms with Crippen LogP contribution in [0.15, 0.2) is 18.2 Å². The van der Waals surface area contributed by atoms with Crippen LogP contribution in [0.3, 0.4) is 0 Å². The molecular formula is C18H24O4. The molecule has 0 bridgehead atoms. The first-order chi connectivity index (χ1) is 10.7. The SMILES string of the molecule is COc1ccc(C2(C(=O)O)CCCCC2)cc1OC1CCC1. The molecule has 120 valence electrons. The number of hydrogen-bond acceptors (Lipinski definition) is 3. The Balaban J connectivity index is 1.94. The lowest BCUT2D eigenvalue weighted by molar-refractivity contribution is -0.145. The van der Waals surface area contributed by atoms with Crippen LogP contribution in [0.25, 0.3) is 0 Å². The molecule has 22 heavy (non-hydrogen) atoms. The van der Waals surface area contributed by atoms with Crippen LogP contribution in [0.1, 0.15) is 56.9 Å². The average Bonchev–Trinajstić information content (AvgIpc) is 2.51. The molecule has 0 atom stereocenters. The highest BCUT2D eigenvalue weighted by Gasteiger charge is 2.41. The lowest BCUT2D eigenvalue weighted by atomic mass is 9.69. The zero-order valence-corrected chi connectivity index (χ0v) is 13.1. The Morgan fingerprint density at radius 1 is 1.14 bits per heavy atom. The lowest BCUT2D eigenvalue weighted by Crippen LogP contribution is -2.37. The highest BCUT2D eigenvalue weighted by atomic mass is 16.5. The molecule has 1 aromatic carbocycles. The van der Waals surface area contributed by atoms with E-state index in [1.807, 2.05) is 18.2 Å². The van der Waals surface area contributed by atoms with Crippen molar-refractivity contribution in [3.63, 3.8) is 0 Å². The van der Waals surface area contributed by atoms with Gasteiger partial charge in [-0.2, -0.15) is 0 Å². The third kappa shape index (κ3) is 2.67. The van der Waals surface area contributed by atoms with Gasteiger partial charge < -0.3 is 14.6 Å². The van der Waals surface area contributed by atoms with Gasteiger partial charge in [0, 0.05) is 0 Å². The summed E-state index contributed by atoms with van der Waals surface area (Å²) in [5.74, 6) is 0.662. The van der Waals surface area contributed by atoms with Crippen molar-refractivity contribution in [2.75, 3.05) is 7.11 Å². The summed E-state index contributed by atoms with van der Waals surface area (Å²) in [7, 11) is 1.62. The molecule has 0 saturated heterocycles. The normalized spacial score (nSPS) is 21.0. The molecule has 0 unspecified atom stereocenters. The fourth-order valence-corrected chi connectivity index (χ4v) is 3.52. The molecule has 0 aromatic heterocycles. The van der Waals surface area contributed by atoms with Gasteiger partial charge in [0.1, 0.15) is 0 Å². The maximum atomic E-state index is 12.0. The van der Waals surface area contributed by atoms with Crippen LogP contribution in [-0.4, -0.2) is 24.3 Å². The summed E-state index contributed by atoms with van der Waals surface area (Å²) in [6.07, 6.45) is 8.05. The van der Waals surface area contributed by atoms with Gasteiger partial charge in [-0.3, -0.25) is 4.79 Å². The maximum absolute atomic E-state index is 12.0. The molecule has 1 aromatic rings. The predicted molar refractivity (Wildman–Crippen MR) is 83.7 cm³/mol. The van der Waals surface area contributed by atoms with Gasteiger partial charge >= 0.3 is 5.97 Å². The number of carboxylic acids is 1. The summed E-state index contributed by atoms with van der Waals surface area (Å²) >= 11 is 0. The summed E-state index contributed by atoms with van der Waals surface area (Å²) in [6.45, 7) is 0. The van der Waals surface area contributed by atoms with E-state index in [1.165, 1.54) is 6.42 Å². The number of carboxylic acid groups (broad SMARTS) is 1. The zero-order chi connectivity index (χ0) is 15.6. The van der Waals surface area contributed by atoms with Crippen LogP contribution in [0.4, 0.5) is 0 Å². The van der Waals surface area contributed by atoms with Crippen LogP contribution < -0.4 is 9.47 Å². The van der Waals surface area contributed by atoms with E-state index >= 15 is 0 Å². The fraction of sp³-hybridized carbons (Fsp3) is 0.611. The van der Waals surface area contributed by atoms with Crippen molar-refractivity contribution in [1.29, 1.82) is 0 Å². The molecule has 0 spiro atoms. The second kappa shape index (κ2) is 6.19. The second-order valence-electron chi connectivity index (χ2n) is 6.48. The van der Waals surface area contributed by atoms with Crippen LogP contribution in [0, 0.1) is 0 Å². The Morgan fingerprint density at radius 3 is 2.41 bits per heavy atom. The Morgan fingerprint density at radius 2 is 1.86 bits per heavy atom. The van der Waals surface area contributed by atoms with E-state index in [0.717, 1.165) is 37.7 Å². The number of carbonyl (C=O) groups is 1. The van der Waals surface area contributed by atoms with E-state index in [9.17, 15) is 9.90 Å². The van der Waals surface area contributed by atoms with E-state index in [1.54, 1.807) is 7.11 Å². The Labute approximate surface area is 131 Å². The Kier molecular flexibility index (Phi) is 4.27. The van der Waals surface area contributed by atoms with Gasteiger partial charge in [-0.1, -0.05) is 25.3 Å². The minimum absolute atomic E-state index is 0.247. The van der Waals surface area contributed by atoms with Crippen LogP contribution in [-0.2, 0) is 10.2 Å². The number of rotatable bonds is 5. The third-order valence-electron chi connectivity index (χ3n) is 5.18. The highest BCUT2D eigenvalue weighted by molar-refractivity contribution is 5.82. The Hall–Kier alpha value is -1.71. The topological polar surface area (TPSA) is 55.8 Å². The maximum Gasteiger partial charge on any atom is 0.314 e. The van der Waals surface area contributed by atoms with Crippen LogP contribution >= 0.6 is 0 Å². The molecule has 2 aliphatic rings. The standard InChI is InChI=1S/C18H24O4/c1-21-15-9-8-13(12-16(15)22-14-6-5-7-14)18(17(19)20)10-3-2-4-11-18/h8-9,12,14H,2-7,10-11H2,1H3,(H,19,20). The zero-order valence-electron chi connectivity index (χ0n) is 13.1. The van der Waals surface area contributed by atoms with Crippen molar-refractivity contribution in [3.8, 4) is 11.5 Å². The van der Waals surface area contributed by atoms with Crippen molar-refractivity contribution < 1.29 is 19.4 Å². The molecule has 4 nitrogen and oxygen atoms in total. The summed E-state index contributed by atoms with van der Waals surface area (Å²) in [6, 6.07) is 5.64. The van der Waals surface area contributed by atoms with Crippen LogP contribution in [0.5, 0.6) is 11.5 Å². The van der Waals surface area contributed by atoms with Gasteiger partial charge in [0.05, 0.1) is 18.6 Å². The molecule has 0 aliphatic heterocycles. The van der Waals surface area contributed by atoms with E-state index < -0.39 is 11.4 Å². The second-order valence-corrected chi connectivity index (χ2v) is 6.48. The minimum Gasteiger partial charge on any atom is -0.493 e. The van der Waals surface area contributed by atoms with E-state index in [4.69, 9.17) is 9.47 Å². The van der Waals surface area contributed by atoms with Gasteiger partial charge in [-0.25, -0.2) is 0 Å². The monoisotopic (exact) mass is 304 g/mol. The average molecular weight is 304 g/mol. The van der Waals surface area contributed by atoms with Gasteiger partial charge in [-0.05, 0) is 49.8 Å². The molecule has 2 fully saturated rings. The molecule has 1 N–H and O–H groups in total. The number of ether oxygens (including phenoxy) is 2. The van der Waals surface area contributed by atoms with Gasteiger partial charge in [0.25, 0.3) is 0 Å². The molecule has 2 saturated carbocycles. The molecule has 0 heterocycles. The van der Waals surface area contributed by atoms with E-state index in [0.29, 0.717) is 24.3 Å². The molecule has 2 aliphatic carbocycles. The molecule has 0 radical (unpaired) electrons. The first-order valence-electron chi connectivity index (χ1n) is 8.24. The molecule has 3 rings (SSSR count). The van der Waals surface area contributed by atoms with Crippen LogP contribution in [0.2, 0.25) is 0 Å². The molecule has 0 amide bonds. The Bertz CT molecular complexity index is 542. The first-order valence-corrected chi connectivity index (χ1v) is 8.24. The van der Waals surface area contributed by atoms with Crippen molar-refractivity contribution >= 4 is 5.97 Å². The van der Waals surface area contributed by atoms with Gasteiger partial charge in [0.15, 0.2) is 11.5 Å². The number of methoxy groups -OCH3 is 1. The largest absolute Gasteiger partial charge is 0.493 e. The summed E-state index contributed by atoms with van der Waals surface area (Å²) in [5.41, 5.74) is 0.0947. The predicted octanol–water partition coefficient (Wildman–Crippen LogP) is 3.91.